The molecule has 0 unspecified atom stereocenters. The fourth-order valence-corrected chi connectivity index (χ4v) is 14.1. The Morgan fingerprint density at radius 1 is 0.365 bits per heavy atom. The maximum absolute atomic E-state index is 16.2. The van der Waals surface area contributed by atoms with Crippen LogP contribution in [0.5, 0.6) is 0 Å². The minimum Gasteiger partial charge on any atom is -0.329 e. The summed E-state index contributed by atoms with van der Waals surface area (Å²) < 4.78 is 142. The molecular weight excluding hydrogens is 1170 g/mol. The minimum absolute atomic E-state index is 0.0417. The van der Waals surface area contributed by atoms with Crippen molar-refractivity contribution in [2.24, 2.45) is 5.73 Å². The zero-order chi connectivity index (χ0) is 60.9. The van der Waals surface area contributed by atoms with E-state index in [1.807, 2.05) is 45.9 Å². The molecule has 0 bridgehead atoms. The highest BCUT2D eigenvalue weighted by atomic mass is 32.2. The van der Waals surface area contributed by atoms with Crippen molar-refractivity contribution in [3.63, 3.8) is 0 Å². The molecule has 2 aliphatic heterocycles. The number of imide groups is 2. The van der Waals surface area contributed by atoms with Crippen molar-refractivity contribution >= 4 is 113 Å². The summed E-state index contributed by atoms with van der Waals surface area (Å²) in [4.78, 5) is 62.7. The van der Waals surface area contributed by atoms with Crippen LogP contribution in [0.3, 0.4) is 0 Å². The van der Waals surface area contributed by atoms with E-state index in [2.05, 4.69) is 0 Å². The molecule has 10 aromatic rings. The number of carbonyl (C=O) groups is 4. The number of carbonyl (C=O) groups excluding carboxylic acids is 4. The smallest absolute Gasteiger partial charge is 0.294 e. The summed E-state index contributed by atoms with van der Waals surface area (Å²) in [5.74, 6) is -3.62. The predicted octanol–water partition coefficient (Wildman–Crippen LogP) is 11.0. The maximum Gasteiger partial charge on any atom is 0.294 e. The summed E-state index contributed by atoms with van der Waals surface area (Å²) in [6, 6.07) is 31.6. The Kier molecular flexibility index (Phi) is 13.2. The van der Waals surface area contributed by atoms with Gasteiger partial charge in [0.1, 0.15) is 0 Å². The SMILES string of the molecule is CC(C)c1cccc(C(C)C)c1N1C(=O)c2cc(-c3ccc(S(=O)(=O)O)cc3)c3c4c(-c5ccc(S(=O)(=O)O)cc5)cc5c6c(cc(-c7ccc(S(=O)(=O)O)cc7)c(c7c(-c8ccc(S(=O)(=O)O)cc8)cc(c2c37)C1=O)c64)C(=O)N(CCN)C5=O. The first-order valence-corrected chi connectivity index (χ1v) is 32.0. The van der Waals surface area contributed by atoms with Crippen molar-refractivity contribution in [1.82, 2.24) is 4.90 Å². The monoisotopic (exact) mass is 1220 g/mol. The summed E-state index contributed by atoms with van der Waals surface area (Å²) in [7, 11) is -19.2. The molecular formula is C62H47N3O16S4. The topological polar surface area (TPSA) is 318 Å². The van der Waals surface area contributed by atoms with Gasteiger partial charge in [-0.1, -0.05) is 94.4 Å². The van der Waals surface area contributed by atoms with E-state index < -0.39 is 83.7 Å². The Morgan fingerprint density at radius 3 is 0.859 bits per heavy atom. The second-order valence-corrected chi connectivity index (χ2v) is 27.2. The Labute approximate surface area is 486 Å². The zero-order valence-electron chi connectivity index (χ0n) is 45.1. The molecule has 0 saturated carbocycles. The standard InChI is InChI=1S/C62H47N3O16S4/c1-30(2)40-6-5-7-41(31(3)4)58(40)65-61(68)48-28-44(34-12-20-38(21-13-34)84(76,77)78)54-52-42(32-8-16-36(17-9-32)82(70,71)72)26-46-50-47(60(67)64(25-24-63)59(46)66)27-43(33-10-18-37(19-11-33)83(73,74)75)53(56(50)52)55-45(29-49(62(65)69)51(48)57(54)55)35-14-22-39(23-15-35)85(79,80)81/h5-23,26-31H,24-25,63H2,1-4H3,(H,70,71,72)(H,73,74,75)(H,76,77,78)(H,79,80,81). The first-order chi connectivity index (χ1) is 40.0. The summed E-state index contributed by atoms with van der Waals surface area (Å²) in [5.41, 5.74) is 9.07. The van der Waals surface area contributed by atoms with Gasteiger partial charge < -0.3 is 5.73 Å². The predicted molar refractivity (Wildman–Crippen MR) is 319 cm³/mol. The van der Waals surface area contributed by atoms with Crippen LogP contribution >= 0.6 is 0 Å². The molecule has 2 heterocycles. The van der Waals surface area contributed by atoms with E-state index in [0.29, 0.717) is 16.8 Å². The van der Waals surface area contributed by atoms with Gasteiger partial charge in [0.2, 0.25) is 0 Å². The minimum atomic E-state index is -4.81. The van der Waals surface area contributed by atoms with Gasteiger partial charge in [0.05, 0.1) is 25.3 Å². The molecule has 0 aliphatic carbocycles. The summed E-state index contributed by atoms with van der Waals surface area (Å²) in [6.07, 6.45) is 0. The molecule has 12 rings (SSSR count). The highest BCUT2D eigenvalue weighted by Gasteiger charge is 2.42. The Morgan fingerprint density at radius 2 is 0.624 bits per heavy atom. The molecule has 2 aliphatic rings. The quantitative estimate of drug-likeness (QED) is 0.0310. The van der Waals surface area contributed by atoms with Crippen LogP contribution in [-0.2, 0) is 40.5 Å². The van der Waals surface area contributed by atoms with Gasteiger partial charge in [-0.25, -0.2) is 4.90 Å². The number of hydrogen-bond donors (Lipinski definition) is 5. The van der Waals surface area contributed by atoms with E-state index in [-0.39, 0.29) is 135 Å². The number of hydrogen-bond acceptors (Lipinski definition) is 13. The molecule has 0 saturated heterocycles. The van der Waals surface area contributed by atoms with Gasteiger partial charge in [0.15, 0.2) is 0 Å². The van der Waals surface area contributed by atoms with E-state index >= 15 is 19.2 Å². The fourth-order valence-electron chi connectivity index (χ4n) is 12.1. The van der Waals surface area contributed by atoms with Crippen molar-refractivity contribution in [1.29, 1.82) is 0 Å². The fraction of sp³-hybridized carbons (Fsp3) is 0.129. The molecule has 23 heteroatoms. The van der Waals surface area contributed by atoms with Crippen LogP contribution in [-0.4, -0.2) is 93.5 Å². The number of rotatable bonds is 13. The van der Waals surface area contributed by atoms with Crippen molar-refractivity contribution in [2.75, 3.05) is 18.0 Å². The average Bonchev–Trinajstić information content (AvgIpc) is 0.685. The number of nitrogens with zero attached hydrogens (tertiary/aromatic N) is 2. The molecule has 430 valence electrons. The van der Waals surface area contributed by atoms with Gasteiger partial charge in [-0.2, -0.15) is 33.7 Å². The van der Waals surface area contributed by atoms with E-state index in [1.54, 1.807) is 12.1 Å². The van der Waals surface area contributed by atoms with Crippen molar-refractivity contribution in [2.45, 2.75) is 59.1 Å². The molecule has 4 amide bonds. The Balaban J connectivity index is 1.41. The van der Waals surface area contributed by atoms with E-state index in [1.165, 1.54) is 60.7 Å². The third-order valence-electron chi connectivity index (χ3n) is 15.9. The van der Waals surface area contributed by atoms with E-state index in [0.717, 1.165) is 58.3 Å². The van der Waals surface area contributed by atoms with Gasteiger partial charge in [-0.3, -0.25) is 42.3 Å². The molecule has 0 atom stereocenters. The van der Waals surface area contributed by atoms with Crippen molar-refractivity contribution in [3.05, 3.63) is 173 Å². The number of nitrogens with two attached hydrogens (primary N) is 1. The Hall–Kier alpha value is -8.62. The molecule has 85 heavy (non-hydrogen) atoms. The third-order valence-corrected chi connectivity index (χ3v) is 19.4. The number of fused-ring (bicyclic) bond motifs is 2. The largest absolute Gasteiger partial charge is 0.329 e. The summed E-state index contributed by atoms with van der Waals surface area (Å²) >= 11 is 0. The first-order valence-electron chi connectivity index (χ1n) is 26.3. The summed E-state index contributed by atoms with van der Waals surface area (Å²) in [6.45, 7) is 7.22. The van der Waals surface area contributed by atoms with Gasteiger partial charge in [0.25, 0.3) is 64.1 Å². The van der Waals surface area contributed by atoms with Gasteiger partial charge >= 0.3 is 0 Å². The number of amides is 4. The summed E-state index contributed by atoms with van der Waals surface area (Å²) in [5, 5.41) is 1.30. The van der Waals surface area contributed by atoms with Crippen molar-refractivity contribution < 1.29 is 71.1 Å². The first kappa shape index (κ1) is 56.8. The van der Waals surface area contributed by atoms with Crippen LogP contribution < -0.4 is 10.6 Å². The van der Waals surface area contributed by atoms with Crippen LogP contribution in [0.15, 0.2) is 159 Å². The van der Waals surface area contributed by atoms with Gasteiger partial charge in [-0.15, -0.1) is 0 Å². The number of benzene rings is 10. The van der Waals surface area contributed by atoms with Crippen LogP contribution in [0.4, 0.5) is 5.69 Å². The number of anilines is 1. The van der Waals surface area contributed by atoms with Crippen LogP contribution in [0, 0.1) is 0 Å². The average molecular weight is 1220 g/mol. The normalized spacial score (nSPS) is 14.2. The lowest BCUT2D eigenvalue weighted by Crippen LogP contribution is -2.43. The molecule has 0 aromatic heterocycles. The third kappa shape index (κ3) is 9.00. The maximum atomic E-state index is 16.2. The lowest BCUT2D eigenvalue weighted by atomic mass is 9.74. The van der Waals surface area contributed by atoms with E-state index in [4.69, 9.17) is 5.73 Å². The Bertz CT molecular complexity index is 4820. The lowest BCUT2D eigenvalue weighted by Gasteiger charge is -2.35. The highest BCUT2D eigenvalue weighted by molar-refractivity contribution is 7.86. The second-order valence-electron chi connectivity index (χ2n) is 21.5. The molecule has 0 spiro atoms. The molecule has 0 radical (unpaired) electrons. The van der Waals surface area contributed by atoms with Gasteiger partial charge in [-0.05, 0) is 162 Å². The van der Waals surface area contributed by atoms with Crippen LogP contribution in [0.1, 0.15) is 92.1 Å². The highest BCUT2D eigenvalue weighted by Crippen LogP contribution is 2.57. The molecule has 19 nitrogen and oxygen atoms in total. The molecule has 10 aromatic carbocycles. The van der Waals surface area contributed by atoms with E-state index in [9.17, 15) is 51.9 Å². The molecule has 6 N–H and O–H groups in total. The number of para-hydroxylation sites is 1. The van der Waals surface area contributed by atoms with Crippen LogP contribution in [0.25, 0.3) is 87.6 Å². The lowest BCUT2D eigenvalue weighted by molar-refractivity contribution is 0.0614. The van der Waals surface area contributed by atoms with Crippen molar-refractivity contribution in [3.8, 4) is 44.5 Å². The molecule has 0 fully saturated rings. The zero-order valence-corrected chi connectivity index (χ0v) is 48.4. The second kappa shape index (κ2) is 19.7. The van der Waals surface area contributed by atoms with Crippen LogP contribution in [0.2, 0.25) is 0 Å². The van der Waals surface area contributed by atoms with Gasteiger partial charge in [0, 0.05) is 56.9 Å².